The van der Waals surface area contributed by atoms with Crippen molar-refractivity contribution in [3.63, 3.8) is 0 Å². The van der Waals surface area contributed by atoms with Crippen LogP contribution in [0.15, 0.2) is 47.4 Å². The van der Waals surface area contributed by atoms with Gasteiger partial charge in [0.25, 0.3) is 0 Å². The van der Waals surface area contributed by atoms with Crippen molar-refractivity contribution < 1.29 is 26.7 Å². The second-order valence-electron chi connectivity index (χ2n) is 5.73. The van der Waals surface area contributed by atoms with Crippen LogP contribution in [0.5, 0.6) is 5.75 Å². The summed E-state index contributed by atoms with van der Waals surface area (Å²) >= 11 is 0. The summed E-state index contributed by atoms with van der Waals surface area (Å²) in [5, 5.41) is 0. The Morgan fingerprint density at radius 1 is 1.15 bits per heavy atom. The van der Waals surface area contributed by atoms with Gasteiger partial charge < -0.3 is 9.64 Å². The number of hydrogen-bond donors (Lipinski definition) is 1. The molecule has 1 aliphatic heterocycles. The molecule has 1 N–H and O–H groups in total. The lowest BCUT2D eigenvalue weighted by Crippen LogP contribution is -2.41. The lowest BCUT2D eigenvalue weighted by molar-refractivity contribution is -0.118. The molecule has 0 radical (unpaired) electrons. The highest BCUT2D eigenvalue weighted by molar-refractivity contribution is 7.89. The number of nitrogens with zero attached hydrogens (tertiary/aromatic N) is 1. The Bertz CT molecular complexity index is 932. The van der Waals surface area contributed by atoms with Gasteiger partial charge in [0, 0.05) is 12.2 Å². The molecular formula is C17H16F2N2O4S. The first kappa shape index (κ1) is 18.3. The minimum Gasteiger partial charge on any atom is -0.497 e. The van der Waals surface area contributed by atoms with Crippen LogP contribution in [0.4, 0.5) is 14.5 Å². The Balaban J connectivity index is 1.78. The van der Waals surface area contributed by atoms with Crippen LogP contribution >= 0.6 is 0 Å². The topological polar surface area (TPSA) is 75.7 Å². The number of anilines is 1. The van der Waals surface area contributed by atoms with Gasteiger partial charge >= 0.3 is 0 Å². The Labute approximate surface area is 149 Å². The number of carbonyl (C=O) groups is 1. The third-order valence-corrected chi connectivity index (χ3v) is 5.56. The van der Waals surface area contributed by atoms with Crippen molar-refractivity contribution in [2.75, 3.05) is 18.6 Å². The molecule has 0 saturated carbocycles. The number of hydrogen-bond acceptors (Lipinski definition) is 4. The van der Waals surface area contributed by atoms with Crippen LogP contribution in [0.3, 0.4) is 0 Å². The van der Waals surface area contributed by atoms with Gasteiger partial charge in [-0.2, -0.15) is 4.72 Å². The maximum absolute atomic E-state index is 13.8. The molecule has 0 spiro atoms. The van der Waals surface area contributed by atoms with Crippen molar-refractivity contribution in [3.05, 3.63) is 54.1 Å². The van der Waals surface area contributed by atoms with Crippen LogP contribution in [0, 0.1) is 11.6 Å². The summed E-state index contributed by atoms with van der Waals surface area (Å²) < 4.78 is 58.9. The predicted molar refractivity (Wildman–Crippen MR) is 90.4 cm³/mol. The highest BCUT2D eigenvalue weighted by Crippen LogP contribution is 2.25. The number of rotatable bonds is 5. The Hall–Kier alpha value is -2.52. The fourth-order valence-electron chi connectivity index (χ4n) is 2.74. The van der Waals surface area contributed by atoms with E-state index in [1.807, 2.05) is 0 Å². The number of sulfonamides is 1. The summed E-state index contributed by atoms with van der Waals surface area (Å²) in [6, 6.07) is 7.80. The van der Waals surface area contributed by atoms with Crippen LogP contribution in [0.25, 0.3) is 0 Å². The van der Waals surface area contributed by atoms with Crippen LogP contribution in [0.2, 0.25) is 0 Å². The Morgan fingerprint density at radius 3 is 2.50 bits per heavy atom. The van der Waals surface area contributed by atoms with Crippen LogP contribution < -0.4 is 14.4 Å². The van der Waals surface area contributed by atoms with Gasteiger partial charge in [-0.05, 0) is 48.9 Å². The summed E-state index contributed by atoms with van der Waals surface area (Å²) in [6.45, 7) is 0.296. The molecule has 9 heteroatoms. The molecule has 1 heterocycles. The van der Waals surface area contributed by atoms with Gasteiger partial charge in [-0.25, -0.2) is 17.2 Å². The van der Waals surface area contributed by atoms with E-state index in [-0.39, 0.29) is 6.42 Å². The van der Waals surface area contributed by atoms with Gasteiger partial charge in [-0.15, -0.1) is 0 Å². The van der Waals surface area contributed by atoms with E-state index >= 15 is 0 Å². The van der Waals surface area contributed by atoms with E-state index in [4.69, 9.17) is 4.74 Å². The number of nitrogens with one attached hydrogen (secondary N) is 1. The van der Waals surface area contributed by atoms with Crippen molar-refractivity contribution in [2.24, 2.45) is 0 Å². The third kappa shape index (κ3) is 3.54. The molecule has 2 aromatic rings. The predicted octanol–water partition coefficient (Wildman–Crippen LogP) is 2.06. The fourth-order valence-corrected chi connectivity index (χ4v) is 4.05. The monoisotopic (exact) mass is 382 g/mol. The molecule has 26 heavy (non-hydrogen) atoms. The SMILES string of the molecule is COc1ccc(N2CCC(NS(=O)(=O)c3cc(F)ccc3F)C2=O)cc1. The van der Waals surface area contributed by atoms with Crippen LogP contribution in [-0.2, 0) is 14.8 Å². The minimum atomic E-state index is -4.38. The lowest BCUT2D eigenvalue weighted by Gasteiger charge is -2.17. The molecule has 0 bridgehead atoms. The van der Waals surface area contributed by atoms with E-state index < -0.39 is 38.5 Å². The molecule has 0 aliphatic carbocycles. The number of benzene rings is 2. The van der Waals surface area contributed by atoms with E-state index in [9.17, 15) is 22.0 Å². The first-order valence-electron chi connectivity index (χ1n) is 7.74. The number of halogens is 2. The van der Waals surface area contributed by atoms with Gasteiger partial charge in [0.15, 0.2) is 0 Å². The van der Waals surface area contributed by atoms with Gasteiger partial charge in [0.05, 0.1) is 7.11 Å². The lowest BCUT2D eigenvalue weighted by atomic mass is 10.2. The van der Waals surface area contributed by atoms with E-state index in [0.29, 0.717) is 24.0 Å². The molecule has 1 fully saturated rings. The second-order valence-corrected chi connectivity index (χ2v) is 7.41. The van der Waals surface area contributed by atoms with E-state index in [2.05, 4.69) is 4.72 Å². The molecular weight excluding hydrogens is 366 g/mol. The zero-order valence-electron chi connectivity index (χ0n) is 13.8. The second kappa shape index (κ2) is 7.00. The molecule has 6 nitrogen and oxygen atoms in total. The average molecular weight is 382 g/mol. The summed E-state index contributed by atoms with van der Waals surface area (Å²) in [7, 11) is -2.86. The van der Waals surface area contributed by atoms with Gasteiger partial charge in [-0.3, -0.25) is 4.79 Å². The summed E-state index contributed by atoms with van der Waals surface area (Å²) in [5.41, 5.74) is 0.592. The fraction of sp³-hybridized carbons (Fsp3) is 0.235. The van der Waals surface area contributed by atoms with Crippen molar-refractivity contribution in [1.82, 2.24) is 4.72 Å². The zero-order chi connectivity index (χ0) is 18.9. The highest BCUT2D eigenvalue weighted by atomic mass is 32.2. The van der Waals surface area contributed by atoms with Gasteiger partial charge in [0.2, 0.25) is 15.9 Å². The molecule has 0 aromatic heterocycles. The van der Waals surface area contributed by atoms with Crippen molar-refractivity contribution in [3.8, 4) is 5.75 Å². The quantitative estimate of drug-likeness (QED) is 0.859. The number of ether oxygens (including phenoxy) is 1. The van der Waals surface area contributed by atoms with Crippen molar-refractivity contribution in [1.29, 1.82) is 0 Å². The number of amides is 1. The van der Waals surface area contributed by atoms with E-state index in [0.717, 1.165) is 12.1 Å². The highest BCUT2D eigenvalue weighted by Gasteiger charge is 2.36. The molecule has 1 saturated heterocycles. The number of methoxy groups -OCH3 is 1. The van der Waals surface area contributed by atoms with Crippen LogP contribution in [0.1, 0.15) is 6.42 Å². The standard InChI is InChI=1S/C17H16F2N2O4S/c1-25-13-5-3-12(4-6-13)21-9-8-15(17(21)22)20-26(23,24)16-10-11(18)2-7-14(16)19/h2-7,10,15,20H,8-9H2,1H3. The van der Waals surface area contributed by atoms with Gasteiger partial charge in [0.1, 0.15) is 28.3 Å². The first-order chi connectivity index (χ1) is 12.3. The largest absolute Gasteiger partial charge is 0.497 e. The maximum atomic E-state index is 13.8. The third-order valence-electron chi connectivity index (χ3n) is 4.07. The average Bonchev–Trinajstić information content (AvgIpc) is 2.97. The van der Waals surface area contributed by atoms with Crippen molar-refractivity contribution >= 4 is 21.6 Å². The van der Waals surface area contributed by atoms with E-state index in [1.165, 1.54) is 12.0 Å². The molecule has 3 rings (SSSR count). The van der Waals surface area contributed by atoms with Gasteiger partial charge in [-0.1, -0.05) is 0 Å². The summed E-state index contributed by atoms with van der Waals surface area (Å²) in [6.07, 6.45) is 0.209. The Kier molecular flexibility index (Phi) is 4.92. The van der Waals surface area contributed by atoms with Crippen LogP contribution in [-0.4, -0.2) is 34.0 Å². The Morgan fingerprint density at radius 2 is 1.85 bits per heavy atom. The minimum absolute atomic E-state index is 0.209. The normalized spacial score (nSPS) is 17.6. The molecule has 1 aliphatic rings. The zero-order valence-corrected chi connectivity index (χ0v) is 14.6. The molecule has 138 valence electrons. The molecule has 2 aromatic carbocycles. The number of carbonyl (C=O) groups excluding carboxylic acids is 1. The van der Waals surface area contributed by atoms with Crippen molar-refractivity contribution in [2.45, 2.75) is 17.4 Å². The molecule has 1 atom stereocenters. The first-order valence-corrected chi connectivity index (χ1v) is 9.23. The molecule has 1 amide bonds. The maximum Gasteiger partial charge on any atom is 0.245 e. The molecule has 1 unspecified atom stereocenters. The summed E-state index contributed by atoms with van der Waals surface area (Å²) in [4.78, 5) is 13.1. The summed E-state index contributed by atoms with van der Waals surface area (Å²) in [5.74, 6) is -1.81. The van der Waals surface area contributed by atoms with E-state index in [1.54, 1.807) is 24.3 Å². The smallest absolute Gasteiger partial charge is 0.245 e.